The van der Waals surface area contributed by atoms with Crippen LogP contribution in [0.2, 0.25) is 0 Å². The molecule has 3 atom stereocenters. The molecule has 4 heteroatoms. The first-order chi connectivity index (χ1) is 6.63. The van der Waals surface area contributed by atoms with Crippen LogP contribution < -0.4 is 9.80 Å². The molecule has 14 heavy (non-hydrogen) atoms. The van der Waals surface area contributed by atoms with Crippen molar-refractivity contribution in [2.24, 2.45) is 0 Å². The SMILES string of the molecule is CCOC(=O)C[C@@H]1C[NH+](C)CC[NH+]1C. The van der Waals surface area contributed by atoms with E-state index in [1.54, 1.807) is 0 Å². The van der Waals surface area contributed by atoms with Crippen LogP contribution in [0.15, 0.2) is 0 Å². The predicted octanol–water partition coefficient (Wildman–Crippen LogP) is -2.65. The van der Waals surface area contributed by atoms with E-state index in [9.17, 15) is 4.79 Å². The zero-order chi connectivity index (χ0) is 10.6. The lowest BCUT2D eigenvalue weighted by Gasteiger charge is -2.31. The lowest BCUT2D eigenvalue weighted by atomic mass is 10.1. The number of hydrogen-bond acceptors (Lipinski definition) is 2. The maximum absolute atomic E-state index is 11.3. The summed E-state index contributed by atoms with van der Waals surface area (Å²) >= 11 is 0. The molecule has 0 radical (unpaired) electrons. The van der Waals surface area contributed by atoms with Gasteiger partial charge in [0.1, 0.15) is 32.1 Å². The number of carbonyl (C=O) groups is 1. The van der Waals surface area contributed by atoms with Gasteiger partial charge in [0.25, 0.3) is 0 Å². The van der Waals surface area contributed by atoms with Gasteiger partial charge in [0, 0.05) is 0 Å². The first kappa shape index (κ1) is 11.5. The Morgan fingerprint density at radius 2 is 2.14 bits per heavy atom. The van der Waals surface area contributed by atoms with Gasteiger partial charge in [-0.25, -0.2) is 0 Å². The molecule has 1 aliphatic heterocycles. The minimum atomic E-state index is -0.0495. The zero-order valence-corrected chi connectivity index (χ0v) is 9.43. The molecule has 1 rings (SSSR count). The Labute approximate surface area is 85.8 Å². The third-order valence-electron chi connectivity index (χ3n) is 2.96. The fourth-order valence-corrected chi connectivity index (χ4v) is 1.98. The highest BCUT2D eigenvalue weighted by Crippen LogP contribution is 1.90. The molecule has 82 valence electrons. The van der Waals surface area contributed by atoms with E-state index in [4.69, 9.17) is 4.74 Å². The molecule has 2 N–H and O–H groups in total. The van der Waals surface area contributed by atoms with Crippen molar-refractivity contribution >= 4 is 5.97 Å². The Morgan fingerprint density at radius 3 is 2.79 bits per heavy atom. The van der Waals surface area contributed by atoms with Crippen LogP contribution in [0, 0.1) is 0 Å². The Bertz CT molecular complexity index is 197. The summed E-state index contributed by atoms with van der Waals surface area (Å²) in [6.45, 7) is 5.77. The molecule has 0 aromatic rings. The van der Waals surface area contributed by atoms with Crippen LogP contribution in [0.25, 0.3) is 0 Å². The van der Waals surface area contributed by atoms with Crippen molar-refractivity contribution in [2.75, 3.05) is 40.3 Å². The van der Waals surface area contributed by atoms with Crippen molar-refractivity contribution in [3.05, 3.63) is 0 Å². The molecule has 1 heterocycles. The van der Waals surface area contributed by atoms with E-state index in [1.807, 2.05) is 6.92 Å². The molecular weight excluding hydrogens is 180 g/mol. The summed E-state index contributed by atoms with van der Waals surface area (Å²) in [5, 5.41) is 0. The Morgan fingerprint density at radius 1 is 1.43 bits per heavy atom. The highest BCUT2D eigenvalue weighted by atomic mass is 16.5. The van der Waals surface area contributed by atoms with Gasteiger partial charge in [0.15, 0.2) is 0 Å². The number of piperazine rings is 1. The molecule has 2 unspecified atom stereocenters. The lowest BCUT2D eigenvalue weighted by Crippen LogP contribution is -3.28. The second kappa shape index (κ2) is 5.32. The van der Waals surface area contributed by atoms with E-state index < -0.39 is 0 Å². The Kier molecular flexibility index (Phi) is 4.35. The standard InChI is InChI=1S/C10H20N2O2/c1-4-14-10(13)7-9-8-11(2)5-6-12(9)3/h9H,4-8H2,1-3H3/p+2/t9-/m1/s1. The van der Waals surface area contributed by atoms with Crippen LogP contribution in [0.5, 0.6) is 0 Å². The predicted molar refractivity (Wildman–Crippen MR) is 53.4 cm³/mol. The molecular formula is C10H22N2O2+2. The van der Waals surface area contributed by atoms with E-state index in [0.717, 1.165) is 13.1 Å². The van der Waals surface area contributed by atoms with Crippen molar-refractivity contribution in [3.8, 4) is 0 Å². The normalized spacial score (nSPS) is 32.6. The second-order valence-corrected chi connectivity index (χ2v) is 4.21. The van der Waals surface area contributed by atoms with Crippen molar-refractivity contribution in [2.45, 2.75) is 19.4 Å². The molecule has 1 fully saturated rings. The highest BCUT2D eigenvalue weighted by molar-refractivity contribution is 5.69. The van der Waals surface area contributed by atoms with E-state index in [-0.39, 0.29) is 5.97 Å². The summed E-state index contributed by atoms with van der Waals surface area (Å²) in [4.78, 5) is 14.3. The van der Waals surface area contributed by atoms with Gasteiger partial charge in [-0.2, -0.15) is 0 Å². The Balaban J connectivity index is 2.37. The fraction of sp³-hybridized carbons (Fsp3) is 0.900. The number of nitrogens with one attached hydrogen (secondary N) is 2. The first-order valence-corrected chi connectivity index (χ1v) is 5.42. The number of rotatable bonds is 3. The number of hydrogen-bond donors (Lipinski definition) is 2. The number of esters is 1. The number of quaternary nitrogens is 2. The average Bonchev–Trinajstić information content (AvgIpc) is 2.12. The molecule has 0 aromatic heterocycles. The molecule has 0 spiro atoms. The third-order valence-corrected chi connectivity index (χ3v) is 2.96. The number of likely N-dealkylation sites (N-methyl/N-ethyl adjacent to an activating group) is 2. The summed E-state index contributed by atoms with van der Waals surface area (Å²) in [5.41, 5.74) is 0. The van der Waals surface area contributed by atoms with Crippen LogP contribution in [0.3, 0.4) is 0 Å². The van der Waals surface area contributed by atoms with Gasteiger partial charge in [0.2, 0.25) is 0 Å². The van der Waals surface area contributed by atoms with E-state index in [1.165, 1.54) is 16.3 Å². The minimum absolute atomic E-state index is 0.0495. The van der Waals surface area contributed by atoms with Crippen LogP contribution in [0.4, 0.5) is 0 Å². The first-order valence-electron chi connectivity index (χ1n) is 5.42. The van der Waals surface area contributed by atoms with E-state index >= 15 is 0 Å². The molecule has 0 saturated carbocycles. The molecule has 0 bridgehead atoms. The maximum Gasteiger partial charge on any atom is 0.312 e. The summed E-state index contributed by atoms with van der Waals surface area (Å²) < 4.78 is 4.97. The summed E-state index contributed by atoms with van der Waals surface area (Å²) in [6, 6.07) is 0.433. The van der Waals surface area contributed by atoms with E-state index in [0.29, 0.717) is 19.1 Å². The number of ether oxygens (including phenoxy) is 1. The van der Waals surface area contributed by atoms with Gasteiger partial charge in [-0.05, 0) is 6.92 Å². The highest BCUT2D eigenvalue weighted by Gasteiger charge is 2.30. The molecule has 4 nitrogen and oxygen atoms in total. The van der Waals surface area contributed by atoms with Gasteiger partial charge in [-0.1, -0.05) is 0 Å². The van der Waals surface area contributed by atoms with Crippen molar-refractivity contribution < 1.29 is 19.3 Å². The van der Waals surface area contributed by atoms with Gasteiger partial charge >= 0.3 is 5.97 Å². The molecule has 1 aliphatic rings. The molecule has 0 amide bonds. The average molecular weight is 202 g/mol. The summed E-state index contributed by atoms with van der Waals surface area (Å²) in [6.07, 6.45) is 0.566. The largest absolute Gasteiger partial charge is 0.466 e. The van der Waals surface area contributed by atoms with Crippen LogP contribution in [-0.4, -0.2) is 52.3 Å². The third kappa shape index (κ3) is 3.27. The smallest absolute Gasteiger partial charge is 0.312 e. The Hall–Kier alpha value is -0.610. The maximum atomic E-state index is 11.3. The monoisotopic (exact) mass is 202 g/mol. The van der Waals surface area contributed by atoms with Gasteiger partial charge < -0.3 is 14.5 Å². The molecule has 0 aromatic carbocycles. The quantitative estimate of drug-likeness (QED) is 0.490. The van der Waals surface area contributed by atoms with Gasteiger partial charge in [-0.15, -0.1) is 0 Å². The molecule has 0 aliphatic carbocycles. The number of carbonyl (C=O) groups excluding carboxylic acids is 1. The zero-order valence-electron chi connectivity index (χ0n) is 9.43. The fourth-order valence-electron chi connectivity index (χ4n) is 1.98. The van der Waals surface area contributed by atoms with Crippen molar-refractivity contribution in [1.29, 1.82) is 0 Å². The second-order valence-electron chi connectivity index (χ2n) is 4.21. The van der Waals surface area contributed by atoms with Crippen LogP contribution in [0.1, 0.15) is 13.3 Å². The van der Waals surface area contributed by atoms with Crippen LogP contribution in [-0.2, 0) is 9.53 Å². The summed E-state index contributed by atoms with van der Waals surface area (Å²) in [5.74, 6) is -0.0495. The topological polar surface area (TPSA) is 35.2 Å². The van der Waals surface area contributed by atoms with Gasteiger partial charge in [-0.3, -0.25) is 4.79 Å². The van der Waals surface area contributed by atoms with Crippen LogP contribution >= 0.6 is 0 Å². The molecule has 1 saturated heterocycles. The lowest BCUT2D eigenvalue weighted by molar-refractivity contribution is -1.01. The van der Waals surface area contributed by atoms with Crippen molar-refractivity contribution in [3.63, 3.8) is 0 Å². The van der Waals surface area contributed by atoms with Crippen molar-refractivity contribution in [1.82, 2.24) is 0 Å². The van der Waals surface area contributed by atoms with E-state index in [2.05, 4.69) is 14.1 Å². The minimum Gasteiger partial charge on any atom is -0.466 e. The summed E-state index contributed by atoms with van der Waals surface area (Å²) in [7, 11) is 4.35. The van der Waals surface area contributed by atoms with Gasteiger partial charge in [0.05, 0.1) is 20.7 Å².